The molecule has 26 heavy (non-hydrogen) atoms. The van der Waals surface area contributed by atoms with E-state index in [1.807, 2.05) is 0 Å². The molecule has 0 spiro atoms. The van der Waals surface area contributed by atoms with Gasteiger partial charge in [-0.25, -0.2) is 0 Å². The maximum atomic E-state index is 2.28. The molecule has 0 radical (unpaired) electrons. The Balaban J connectivity index is 0.000000270. The van der Waals surface area contributed by atoms with Gasteiger partial charge in [0.1, 0.15) is 0 Å². The van der Waals surface area contributed by atoms with Crippen molar-refractivity contribution < 1.29 is 0 Å². The zero-order valence-corrected chi connectivity index (χ0v) is 16.0. The smallest absolute Gasteiger partial charge is 0.00258 e. The Morgan fingerprint density at radius 1 is 0.538 bits per heavy atom. The summed E-state index contributed by atoms with van der Waals surface area (Å²) in [5.41, 5.74) is 8.29. The third-order valence-electron chi connectivity index (χ3n) is 4.46. The topological polar surface area (TPSA) is 0 Å². The highest BCUT2D eigenvalue weighted by Crippen LogP contribution is 2.11. The van der Waals surface area contributed by atoms with Gasteiger partial charge < -0.3 is 0 Å². The van der Waals surface area contributed by atoms with Crippen LogP contribution in [0.25, 0.3) is 0 Å². The van der Waals surface area contributed by atoms with Crippen molar-refractivity contribution in [3.05, 3.63) is 106 Å². The van der Waals surface area contributed by atoms with Gasteiger partial charge in [-0.1, -0.05) is 105 Å². The van der Waals surface area contributed by atoms with E-state index < -0.39 is 0 Å². The van der Waals surface area contributed by atoms with Crippen LogP contribution >= 0.6 is 0 Å². The van der Waals surface area contributed by atoms with Crippen LogP contribution in [0.3, 0.4) is 0 Å². The van der Waals surface area contributed by atoms with E-state index in [4.69, 9.17) is 0 Å². The van der Waals surface area contributed by atoms with Crippen molar-refractivity contribution in [1.82, 2.24) is 0 Å². The molecule has 0 heterocycles. The number of hydrogen-bond donors (Lipinski definition) is 0. The lowest BCUT2D eigenvalue weighted by Crippen LogP contribution is -1.88. The first-order chi connectivity index (χ1) is 12.1. The molecule has 0 fully saturated rings. The minimum Gasteiger partial charge on any atom is -0.0776 e. The lowest BCUT2D eigenvalue weighted by atomic mass is 10.0. The molecule has 0 bridgehead atoms. The summed E-state index contributed by atoms with van der Waals surface area (Å²) in [6.45, 7) is 8.62. The summed E-state index contributed by atoms with van der Waals surface area (Å²) in [5, 5.41) is 0. The van der Waals surface area contributed by atoms with Crippen molar-refractivity contribution in [3.63, 3.8) is 0 Å². The second-order valence-corrected chi connectivity index (χ2v) is 6.68. The van der Waals surface area contributed by atoms with Crippen molar-refractivity contribution in [3.8, 4) is 0 Å². The number of rotatable bonds is 4. The maximum absolute atomic E-state index is 2.28. The summed E-state index contributed by atoms with van der Waals surface area (Å²) in [4.78, 5) is 0. The summed E-state index contributed by atoms with van der Waals surface area (Å²) >= 11 is 0. The summed E-state index contributed by atoms with van der Waals surface area (Å²) in [6, 6.07) is 26.3. The maximum Gasteiger partial charge on any atom is -0.00258 e. The molecule has 0 saturated heterocycles. The van der Waals surface area contributed by atoms with Crippen LogP contribution in [0.5, 0.6) is 0 Å². The summed E-state index contributed by atoms with van der Waals surface area (Å²) in [5.74, 6) is 0. The monoisotopic (exact) mass is 346 g/mol. The van der Waals surface area contributed by atoms with Gasteiger partial charge in [-0.3, -0.25) is 0 Å². The lowest BCUT2D eigenvalue weighted by Gasteiger charge is -2.03. The van der Waals surface area contributed by atoms with E-state index in [1.165, 1.54) is 33.4 Å². The quantitative estimate of drug-likeness (QED) is 0.463. The molecule has 138 valence electrons. The van der Waals surface area contributed by atoms with Gasteiger partial charge in [0.2, 0.25) is 0 Å². The molecule has 0 aliphatic heterocycles. The first-order valence-corrected chi connectivity index (χ1v) is 9.29. The lowest BCUT2D eigenvalue weighted by molar-refractivity contribution is 1.09. The highest BCUT2D eigenvalue weighted by molar-refractivity contribution is 5.29. The molecule has 0 saturated carbocycles. The highest BCUT2D eigenvalue weighted by Gasteiger charge is 1.95. The van der Waals surface area contributed by atoms with Gasteiger partial charge in [0.25, 0.3) is 0 Å². The van der Waals surface area contributed by atoms with Crippen LogP contribution in [-0.2, 0) is 19.3 Å². The number of benzene rings is 3. The van der Waals surface area contributed by atoms with Gasteiger partial charge in [0.05, 0.1) is 0 Å². The van der Waals surface area contributed by atoms with Gasteiger partial charge in [0, 0.05) is 0 Å². The van der Waals surface area contributed by atoms with E-state index in [1.54, 1.807) is 0 Å². The van der Waals surface area contributed by atoms with E-state index in [2.05, 4.69) is 100 Å². The first kappa shape index (κ1) is 21.7. The van der Waals surface area contributed by atoms with Crippen molar-refractivity contribution in [2.75, 3.05) is 0 Å². The standard InChI is InChI=1S/C15H16.C10H14.CH4/c1-12-3-7-14(8-4-12)11-15-9-5-13(2)6-10-15;1-3-9-6-5-7-10(4-2)8-9;/h3-10H,11H2,1-2H3;5-8H,3-4H2,1-2H3;1H4. The number of hydrogen-bond acceptors (Lipinski definition) is 0. The second kappa shape index (κ2) is 11.3. The first-order valence-electron chi connectivity index (χ1n) is 9.29. The molecule has 0 N–H and O–H groups in total. The molecule has 0 nitrogen and oxygen atoms in total. The summed E-state index contributed by atoms with van der Waals surface area (Å²) < 4.78 is 0. The molecule has 0 heteroatoms. The molecule has 0 aromatic heterocycles. The largest absolute Gasteiger partial charge is 0.0776 e. The molecule has 0 aliphatic rings. The fourth-order valence-electron chi connectivity index (χ4n) is 2.72. The molecule has 0 amide bonds. The number of aryl methyl sites for hydroxylation is 4. The minimum absolute atomic E-state index is 0. The Bertz CT molecular complexity index is 686. The van der Waals surface area contributed by atoms with Gasteiger partial charge in [0.15, 0.2) is 0 Å². The van der Waals surface area contributed by atoms with Crippen molar-refractivity contribution >= 4 is 0 Å². The van der Waals surface area contributed by atoms with E-state index in [-0.39, 0.29) is 7.43 Å². The van der Waals surface area contributed by atoms with Gasteiger partial charge >= 0.3 is 0 Å². The Labute approximate surface area is 160 Å². The molecule has 3 aromatic carbocycles. The van der Waals surface area contributed by atoms with Crippen LogP contribution in [0.1, 0.15) is 54.7 Å². The van der Waals surface area contributed by atoms with E-state index >= 15 is 0 Å². The zero-order chi connectivity index (χ0) is 18.1. The SMILES string of the molecule is C.CCc1cccc(CC)c1.Cc1ccc(Cc2ccc(C)cc2)cc1. The second-order valence-electron chi connectivity index (χ2n) is 6.68. The Hall–Kier alpha value is -2.34. The van der Waals surface area contributed by atoms with E-state index in [0.29, 0.717) is 0 Å². The van der Waals surface area contributed by atoms with Crippen molar-refractivity contribution in [1.29, 1.82) is 0 Å². The fourth-order valence-corrected chi connectivity index (χ4v) is 2.72. The fraction of sp³-hybridized carbons (Fsp3) is 0.308. The third kappa shape index (κ3) is 7.27. The molecule has 3 aromatic rings. The predicted octanol–water partition coefficient (Wildman–Crippen LogP) is 7.34. The summed E-state index contributed by atoms with van der Waals surface area (Å²) in [6.07, 6.45) is 3.32. The van der Waals surface area contributed by atoms with Crippen LogP contribution in [0.15, 0.2) is 72.8 Å². The Morgan fingerprint density at radius 3 is 1.27 bits per heavy atom. The molecule has 0 atom stereocenters. The van der Waals surface area contributed by atoms with Crippen LogP contribution in [-0.4, -0.2) is 0 Å². The van der Waals surface area contributed by atoms with Crippen molar-refractivity contribution in [2.45, 2.75) is 54.4 Å². The van der Waals surface area contributed by atoms with E-state index in [9.17, 15) is 0 Å². The molecular weight excluding hydrogens is 312 g/mol. The normalized spacial score (nSPS) is 9.69. The van der Waals surface area contributed by atoms with Gasteiger partial charge in [-0.05, 0) is 55.4 Å². The predicted molar refractivity (Wildman–Crippen MR) is 117 cm³/mol. The molecule has 0 unspecified atom stereocenters. The van der Waals surface area contributed by atoms with Crippen LogP contribution < -0.4 is 0 Å². The summed E-state index contributed by atoms with van der Waals surface area (Å²) in [7, 11) is 0. The average Bonchev–Trinajstić information content (AvgIpc) is 2.66. The van der Waals surface area contributed by atoms with Crippen LogP contribution in [0, 0.1) is 13.8 Å². The molecule has 3 rings (SSSR count). The van der Waals surface area contributed by atoms with Gasteiger partial charge in [-0.15, -0.1) is 0 Å². The van der Waals surface area contributed by atoms with Crippen molar-refractivity contribution in [2.24, 2.45) is 0 Å². The van der Waals surface area contributed by atoms with Gasteiger partial charge in [-0.2, -0.15) is 0 Å². The highest BCUT2D eigenvalue weighted by atomic mass is 14.0. The Morgan fingerprint density at radius 2 is 0.923 bits per heavy atom. The molecular formula is C26H34. The van der Waals surface area contributed by atoms with Crippen LogP contribution in [0.2, 0.25) is 0 Å². The Kier molecular flexibility index (Phi) is 9.44. The zero-order valence-electron chi connectivity index (χ0n) is 16.0. The average molecular weight is 347 g/mol. The molecule has 0 aliphatic carbocycles. The van der Waals surface area contributed by atoms with E-state index in [0.717, 1.165) is 19.3 Å². The van der Waals surface area contributed by atoms with Crippen LogP contribution in [0.4, 0.5) is 0 Å². The minimum atomic E-state index is 0. The third-order valence-corrected chi connectivity index (χ3v) is 4.46.